The zero-order valence-corrected chi connectivity index (χ0v) is 19.8. The maximum atomic E-state index is 15.3. The fourth-order valence-electron chi connectivity index (χ4n) is 3.21. The number of benzene rings is 1. The molecule has 0 saturated carbocycles. The lowest BCUT2D eigenvalue weighted by Gasteiger charge is -2.21. The summed E-state index contributed by atoms with van der Waals surface area (Å²) in [7, 11) is -4.03. The van der Waals surface area contributed by atoms with Gasteiger partial charge >= 0.3 is 0 Å². The highest BCUT2D eigenvalue weighted by molar-refractivity contribution is 9.10. The van der Waals surface area contributed by atoms with Crippen LogP contribution < -0.4 is 5.56 Å². The Morgan fingerprint density at radius 2 is 1.90 bits per heavy atom. The highest BCUT2D eigenvalue weighted by atomic mass is 79.9. The average molecular weight is 522 g/mol. The summed E-state index contributed by atoms with van der Waals surface area (Å²) in [6, 6.07) is 2.99. The van der Waals surface area contributed by atoms with E-state index in [2.05, 4.69) is 20.9 Å². The minimum Gasteiger partial charge on any atom is -0.271 e. The fraction of sp³-hybridized carbons (Fsp3) is 0.263. The number of sulfone groups is 1. The molecule has 2 aromatic heterocycles. The molecule has 0 N–H and O–H groups in total. The van der Waals surface area contributed by atoms with Crippen LogP contribution in [0.25, 0.3) is 16.6 Å². The first-order valence-electron chi connectivity index (χ1n) is 8.45. The van der Waals surface area contributed by atoms with Gasteiger partial charge in [0.15, 0.2) is 20.5 Å². The van der Waals surface area contributed by atoms with E-state index in [0.717, 1.165) is 10.8 Å². The number of halogens is 4. The molecule has 2 heterocycles. The number of pyridine rings is 2. The lowest BCUT2D eigenvalue weighted by Crippen LogP contribution is -2.28. The van der Waals surface area contributed by atoms with Crippen LogP contribution in [-0.2, 0) is 9.84 Å². The van der Waals surface area contributed by atoms with Crippen molar-refractivity contribution < 1.29 is 12.8 Å². The molecule has 0 saturated heterocycles. The van der Waals surface area contributed by atoms with E-state index in [4.69, 9.17) is 23.2 Å². The van der Waals surface area contributed by atoms with Gasteiger partial charge in [0.1, 0.15) is 0 Å². The summed E-state index contributed by atoms with van der Waals surface area (Å²) >= 11 is 15.4. The van der Waals surface area contributed by atoms with Gasteiger partial charge in [-0.25, -0.2) is 12.8 Å². The molecule has 0 amide bonds. The first-order chi connectivity index (χ1) is 13.4. The molecule has 0 spiro atoms. The van der Waals surface area contributed by atoms with Crippen LogP contribution in [0.15, 0.2) is 32.5 Å². The summed E-state index contributed by atoms with van der Waals surface area (Å²) in [5.41, 5.74) is 0.324. The van der Waals surface area contributed by atoms with Crippen LogP contribution in [0.1, 0.15) is 31.0 Å². The maximum Gasteiger partial charge on any atom is 0.276 e. The zero-order valence-electron chi connectivity index (χ0n) is 15.8. The van der Waals surface area contributed by atoms with Crippen LogP contribution in [-0.4, -0.2) is 24.2 Å². The van der Waals surface area contributed by atoms with E-state index in [1.165, 1.54) is 6.07 Å². The van der Waals surface area contributed by atoms with Crippen molar-refractivity contribution in [2.24, 2.45) is 0 Å². The van der Waals surface area contributed by atoms with E-state index in [0.29, 0.717) is 16.9 Å². The quantitative estimate of drug-likeness (QED) is 0.431. The van der Waals surface area contributed by atoms with Gasteiger partial charge in [0.2, 0.25) is 0 Å². The average Bonchev–Trinajstić information content (AvgIpc) is 2.60. The monoisotopic (exact) mass is 520 g/mol. The standard InChI is InChI=1S/C19H16BrCl2FN2O3S/c1-8(2)15-16(9(3)5-6-24-15)25-17-10(7-11(21)12(20)14(17)23)13(22)18(19(25)26)29(4,27)28/h5-8H,1-4H3. The van der Waals surface area contributed by atoms with Crippen molar-refractivity contribution in [1.82, 2.24) is 9.55 Å². The summed E-state index contributed by atoms with van der Waals surface area (Å²) in [5.74, 6) is -0.951. The minimum absolute atomic E-state index is 0.00598. The second-order valence-corrected chi connectivity index (χ2v) is 10.5. The topological polar surface area (TPSA) is 69.0 Å². The Morgan fingerprint density at radius 3 is 2.45 bits per heavy atom. The minimum atomic E-state index is -4.03. The van der Waals surface area contributed by atoms with Gasteiger partial charge in [-0.1, -0.05) is 37.0 Å². The highest BCUT2D eigenvalue weighted by Crippen LogP contribution is 2.38. The van der Waals surface area contributed by atoms with Crippen LogP contribution >= 0.6 is 39.1 Å². The Morgan fingerprint density at radius 1 is 1.28 bits per heavy atom. The molecule has 10 heteroatoms. The highest BCUT2D eigenvalue weighted by Gasteiger charge is 2.29. The predicted molar refractivity (Wildman–Crippen MR) is 117 cm³/mol. The second kappa shape index (κ2) is 7.65. The van der Waals surface area contributed by atoms with Crippen molar-refractivity contribution in [3.63, 3.8) is 0 Å². The van der Waals surface area contributed by atoms with Crippen LogP contribution in [0.2, 0.25) is 10.0 Å². The smallest absolute Gasteiger partial charge is 0.271 e. The fourth-order valence-corrected chi connectivity index (χ4v) is 5.19. The molecule has 0 aliphatic rings. The molecule has 1 aromatic carbocycles. The molecule has 0 unspecified atom stereocenters. The first-order valence-corrected chi connectivity index (χ1v) is 11.9. The van der Waals surface area contributed by atoms with Gasteiger partial charge in [-0.3, -0.25) is 14.3 Å². The van der Waals surface area contributed by atoms with Crippen molar-refractivity contribution in [1.29, 1.82) is 0 Å². The molecule has 0 aliphatic heterocycles. The van der Waals surface area contributed by atoms with Gasteiger partial charge in [-0.2, -0.15) is 0 Å². The third-order valence-corrected chi connectivity index (χ3v) is 7.42. The third kappa shape index (κ3) is 3.60. The Labute approximate surface area is 185 Å². The third-order valence-electron chi connectivity index (χ3n) is 4.49. The number of nitrogens with zero attached hydrogens (tertiary/aromatic N) is 2. The van der Waals surface area contributed by atoms with Gasteiger partial charge < -0.3 is 0 Å². The lowest BCUT2D eigenvalue weighted by atomic mass is 10.0. The molecular weight excluding hydrogens is 506 g/mol. The molecule has 0 atom stereocenters. The Kier molecular flexibility index (Phi) is 5.86. The molecule has 3 aromatic rings. The zero-order chi connectivity index (χ0) is 21.8. The largest absolute Gasteiger partial charge is 0.276 e. The number of fused-ring (bicyclic) bond motifs is 1. The molecule has 0 radical (unpaired) electrons. The molecule has 0 fully saturated rings. The van der Waals surface area contributed by atoms with Gasteiger partial charge in [0, 0.05) is 17.8 Å². The number of aromatic nitrogens is 2. The summed E-state index contributed by atoms with van der Waals surface area (Å²) in [6.07, 6.45) is 2.46. The van der Waals surface area contributed by atoms with E-state index < -0.39 is 26.1 Å². The van der Waals surface area contributed by atoms with E-state index in [1.807, 2.05) is 13.8 Å². The number of rotatable bonds is 3. The number of aryl methyl sites for hydroxylation is 1. The van der Waals surface area contributed by atoms with Gasteiger partial charge in [0.25, 0.3) is 5.56 Å². The Hall–Kier alpha value is -1.48. The number of hydrogen-bond donors (Lipinski definition) is 0. The summed E-state index contributed by atoms with van der Waals surface area (Å²) < 4.78 is 41.1. The van der Waals surface area contributed by atoms with E-state index >= 15 is 4.39 Å². The molecule has 0 bridgehead atoms. The van der Waals surface area contributed by atoms with Crippen LogP contribution in [0, 0.1) is 12.7 Å². The Balaban J connectivity index is 2.76. The lowest BCUT2D eigenvalue weighted by molar-refractivity contribution is 0.599. The predicted octanol–water partition coefficient (Wildman–Crippen LogP) is 5.43. The molecule has 154 valence electrons. The van der Waals surface area contributed by atoms with Crippen LogP contribution in [0.5, 0.6) is 0 Å². The van der Waals surface area contributed by atoms with Crippen LogP contribution in [0.3, 0.4) is 0 Å². The first kappa shape index (κ1) is 22.2. The van der Waals surface area contributed by atoms with Crippen molar-refractivity contribution in [2.75, 3.05) is 6.26 Å². The van der Waals surface area contributed by atoms with E-state index in [9.17, 15) is 13.2 Å². The van der Waals surface area contributed by atoms with E-state index in [1.54, 1.807) is 19.2 Å². The van der Waals surface area contributed by atoms with Crippen molar-refractivity contribution in [2.45, 2.75) is 31.6 Å². The Bertz CT molecular complexity index is 1340. The second-order valence-electron chi connectivity index (χ2n) is 6.95. The molecule has 29 heavy (non-hydrogen) atoms. The normalized spacial score (nSPS) is 12.2. The summed E-state index contributed by atoms with van der Waals surface area (Å²) in [5, 5.41) is -0.367. The SMILES string of the molecule is Cc1ccnc(C(C)C)c1-n1c(=O)c(S(C)(=O)=O)c(Cl)c2cc(Cl)c(Br)c(F)c21. The maximum absolute atomic E-state index is 15.3. The summed E-state index contributed by atoms with van der Waals surface area (Å²) in [6.45, 7) is 5.48. The number of hydrogen-bond acceptors (Lipinski definition) is 4. The van der Waals surface area contributed by atoms with Crippen molar-refractivity contribution in [3.05, 3.63) is 60.3 Å². The van der Waals surface area contributed by atoms with E-state index in [-0.39, 0.29) is 31.3 Å². The van der Waals surface area contributed by atoms with Gasteiger partial charge in [-0.15, -0.1) is 0 Å². The summed E-state index contributed by atoms with van der Waals surface area (Å²) in [4.78, 5) is 17.1. The van der Waals surface area contributed by atoms with Crippen LogP contribution in [0.4, 0.5) is 4.39 Å². The molecule has 3 rings (SSSR count). The van der Waals surface area contributed by atoms with Crippen molar-refractivity contribution >= 4 is 59.9 Å². The van der Waals surface area contributed by atoms with Gasteiger partial charge in [-0.05, 0) is 46.5 Å². The molecule has 0 aliphatic carbocycles. The van der Waals surface area contributed by atoms with Crippen molar-refractivity contribution in [3.8, 4) is 5.69 Å². The van der Waals surface area contributed by atoms with Gasteiger partial charge in [0.05, 0.1) is 31.4 Å². The molecular formula is C19H16BrCl2FN2O3S. The molecule has 5 nitrogen and oxygen atoms in total.